The van der Waals surface area contributed by atoms with E-state index in [-0.39, 0.29) is 10.4 Å². The fraction of sp³-hybridized carbons (Fsp3) is 0.667. The second-order valence-corrected chi connectivity index (χ2v) is 3.40. The number of nitrogens with two attached hydrogens (primary N) is 1. The highest BCUT2D eigenvalue weighted by Gasteiger charge is 2.32. The van der Waals surface area contributed by atoms with E-state index in [4.69, 9.17) is 5.73 Å². The zero-order valence-corrected chi connectivity index (χ0v) is 8.51. The van der Waals surface area contributed by atoms with Crippen LogP contribution in [0.4, 0.5) is 18.9 Å². The van der Waals surface area contributed by atoms with Crippen molar-refractivity contribution in [2.24, 2.45) is 0 Å². The van der Waals surface area contributed by atoms with Gasteiger partial charge in [-0.3, -0.25) is 0 Å². The van der Waals surface area contributed by atoms with Crippen molar-refractivity contribution in [1.29, 1.82) is 0 Å². The Morgan fingerprint density at radius 2 is 2.07 bits per heavy atom. The quantitative estimate of drug-likeness (QED) is 0.794. The van der Waals surface area contributed by atoms with E-state index in [2.05, 4.69) is 5.10 Å². The van der Waals surface area contributed by atoms with Crippen LogP contribution in [0.1, 0.15) is 31.9 Å². The molecule has 0 aliphatic heterocycles. The molecule has 0 bridgehead atoms. The standard InChI is InChI=1S/C9H14F3N3/c1-2-3-4-5-8-7(13)6-15(14-8)9(10,11)12/h6H,2-5,13H2,1H3. The minimum absolute atomic E-state index is 0.0381. The first-order chi connectivity index (χ1) is 6.95. The van der Waals surface area contributed by atoms with Crippen molar-refractivity contribution in [3.8, 4) is 0 Å². The number of nitrogens with zero attached hydrogens (tertiary/aromatic N) is 2. The molecule has 0 spiro atoms. The van der Waals surface area contributed by atoms with Gasteiger partial charge in [0, 0.05) is 0 Å². The molecular formula is C9H14F3N3. The maximum atomic E-state index is 12.2. The molecule has 0 unspecified atom stereocenters. The smallest absolute Gasteiger partial charge is 0.396 e. The fourth-order valence-electron chi connectivity index (χ4n) is 1.29. The molecule has 0 atom stereocenters. The normalized spacial score (nSPS) is 12.0. The molecule has 0 saturated carbocycles. The number of aryl methyl sites for hydroxylation is 1. The highest BCUT2D eigenvalue weighted by Crippen LogP contribution is 2.24. The topological polar surface area (TPSA) is 43.8 Å². The van der Waals surface area contributed by atoms with E-state index >= 15 is 0 Å². The Bertz CT molecular complexity index is 317. The zero-order chi connectivity index (χ0) is 11.5. The number of alkyl halides is 3. The van der Waals surface area contributed by atoms with Crippen LogP contribution in [0.5, 0.6) is 0 Å². The van der Waals surface area contributed by atoms with Crippen molar-refractivity contribution in [2.75, 3.05) is 5.73 Å². The Labute approximate surface area is 86.1 Å². The van der Waals surface area contributed by atoms with Gasteiger partial charge < -0.3 is 5.73 Å². The van der Waals surface area contributed by atoms with Crippen molar-refractivity contribution in [3.05, 3.63) is 11.9 Å². The summed E-state index contributed by atoms with van der Waals surface area (Å²) in [4.78, 5) is 0. The lowest BCUT2D eigenvalue weighted by atomic mass is 10.1. The molecule has 1 aromatic heterocycles. The van der Waals surface area contributed by atoms with Crippen LogP contribution in [0.3, 0.4) is 0 Å². The minimum Gasteiger partial charge on any atom is -0.396 e. The number of halogens is 3. The summed E-state index contributed by atoms with van der Waals surface area (Å²) in [6.45, 7) is 2.03. The lowest BCUT2D eigenvalue weighted by Crippen LogP contribution is -2.17. The minimum atomic E-state index is -4.48. The number of anilines is 1. The van der Waals surface area contributed by atoms with Gasteiger partial charge in [-0.05, 0) is 12.8 Å². The Morgan fingerprint density at radius 1 is 1.40 bits per heavy atom. The first-order valence-electron chi connectivity index (χ1n) is 4.86. The molecule has 0 amide bonds. The van der Waals surface area contributed by atoms with Crippen LogP contribution < -0.4 is 5.73 Å². The van der Waals surface area contributed by atoms with Gasteiger partial charge in [0.05, 0.1) is 17.6 Å². The largest absolute Gasteiger partial charge is 0.504 e. The SMILES string of the molecule is CCCCCc1nn(C(F)(F)F)cc1N. The summed E-state index contributed by atoms with van der Waals surface area (Å²) in [7, 11) is 0. The van der Waals surface area contributed by atoms with E-state index < -0.39 is 6.30 Å². The van der Waals surface area contributed by atoms with Gasteiger partial charge in [-0.2, -0.15) is 9.78 Å². The first-order valence-corrected chi connectivity index (χ1v) is 4.86. The van der Waals surface area contributed by atoms with E-state index in [0.29, 0.717) is 12.1 Å². The molecule has 0 saturated heterocycles. The number of unbranched alkanes of at least 4 members (excludes halogenated alkanes) is 2. The van der Waals surface area contributed by atoms with E-state index in [1.807, 2.05) is 6.92 Å². The number of aromatic nitrogens is 2. The third-order valence-electron chi connectivity index (χ3n) is 2.10. The molecule has 0 aromatic carbocycles. The predicted molar refractivity (Wildman–Crippen MR) is 51.2 cm³/mol. The highest BCUT2D eigenvalue weighted by molar-refractivity contribution is 5.40. The molecule has 3 nitrogen and oxygen atoms in total. The molecule has 6 heteroatoms. The van der Waals surface area contributed by atoms with Crippen molar-refractivity contribution >= 4 is 5.69 Å². The van der Waals surface area contributed by atoms with Crippen LogP contribution in [0.2, 0.25) is 0 Å². The van der Waals surface area contributed by atoms with E-state index in [1.165, 1.54) is 0 Å². The average Bonchev–Trinajstić information content (AvgIpc) is 2.48. The van der Waals surface area contributed by atoms with E-state index in [1.54, 1.807) is 0 Å². The molecule has 0 aliphatic carbocycles. The Balaban J connectivity index is 2.69. The number of rotatable bonds is 4. The zero-order valence-electron chi connectivity index (χ0n) is 8.51. The molecule has 1 aromatic rings. The number of hydrogen-bond acceptors (Lipinski definition) is 2. The van der Waals surface area contributed by atoms with Crippen molar-refractivity contribution in [3.63, 3.8) is 0 Å². The van der Waals surface area contributed by atoms with Gasteiger partial charge in [-0.25, -0.2) is 0 Å². The summed E-state index contributed by atoms with van der Waals surface area (Å²) in [5.41, 5.74) is 5.89. The summed E-state index contributed by atoms with van der Waals surface area (Å²) < 4.78 is 36.6. The highest BCUT2D eigenvalue weighted by atomic mass is 19.4. The van der Waals surface area contributed by atoms with Gasteiger partial charge in [0.25, 0.3) is 0 Å². The Kier molecular flexibility index (Phi) is 3.60. The molecule has 0 fully saturated rings. The second-order valence-electron chi connectivity index (χ2n) is 3.40. The molecule has 86 valence electrons. The van der Waals surface area contributed by atoms with E-state index in [9.17, 15) is 13.2 Å². The van der Waals surface area contributed by atoms with Crippen LogP contribution in [0.25, 0.3) is 0 Å². The fourth-order valence-corrected chi connectivity index (χ4v) is 1.29. The van der Waals surface area contributed by atoms with Gasteiger partial charge in [-0.1, -0.05) is 19.8 Å². The van der Waals surface area contributed by atoms with Crippen LogP contribution in [0.15, 0.2) is 6.20 Å². The number of nitrogen functional groups attached to an aromatic ring is 1. The maximum absolute atomic E-state index is 12.2. The molecule has 0 radical (unpaired) electrons. The van der Waals surface area contributed by atoms with Crippen LogP contribution in [0, 0.1) is 0 Å². The second kappa shape index (κ2) is 4.55. The Morgan fingerprint density at radius 3 is 2.53 bits per heavy atom. The van der Waals surface area contributed by atoms with Gasteiger partial charge in [0.15, 0.2) is 0 Å². The van der Waals surface area contributed by atoms with Crippen molar-refractivity contribution < 1.29 is 13.2 Å². The molecule has 15 heavy (non-hydrogen) atoms. The van der Waals surface area contributed by atoms with Crippen molar-refractivity contribution in [2.45, 2.75) is 38.9 Å². The maximum Gasteiger partial charge on any atom is 0.504 e. The summed E-state index contributed by atoms with van der Waals surface area (Å²) >= 11 is 0. The Hall–Kier alpha value is -1.20. The average molecular weight is 221 g/mol. The van der Waals surface area contributed by atoms with Gasteiger partial charge >= 0.3 is 6.30 Å². The van der Waals surface area contributed by atoms with Crippen LogP contribution >= 0.6 is 0 Å². The summed E-state index contributed by atoms with van der Waals surface area (Å²) in [5.74, 6) is 0. The monoisotopic (exact) mass is 221 g/mol. The molecule has 1 rings (SSSR count). The molecule has 1 heterocycles. The third kappa shape index (κ3) is 3.14. The number of hydrogen-bond donors (Lipinski definition) is 1. The van der Waals surface area contributed by atoms with Crippen molar-refractivity contribution in [1.82, 2.24) is 9.78 Å². The summed E-state index contributed by atoms with van der Waals surface area (Å²) in [6, 6.07) is 0. The lowest BCUT2D eigenvalue weighted by Gasteiger charge is -2.04. The molecule has 2 N–H and O–H groups in total. The van der Waals surface area contributed by atoms with Gasteiger partial charge in [0.1, 0.15) is 0 Å². The predicted octanol–water partition coefficient (Wildman–Crippen LogP) is 2.67. The summed E-state index contributed by atoms with van der Waals surface area (Å²) in [6.07, 6.45) is -0.352. The molecule has 0 aliphatic rings. The summed E-state index contributed by atoms with van der Waals surface area (Å²) in [5, 5.41) is 3.42. The first kappa shape index (κ1) is 11.9. The van der Waals surface area contributed by atoms with E-state index in [0.717, 1.165) is 25.5 Å². The molecular weight excluding hydrogens is 207 g/mol. The van der Waals surface area contributed by atoms with Crippen LogP contribution in [-0.2, 0) is 12.7 Å². The van der Waals surface area contributed by atoms with Gasteiger partial charge in [0.2, 0.25) is 0 Å². The van der Waals surface area contributed by atoms with Crippen LogP contribution in [-0.4, -0.2) is 9.78 Å². The lowest BCUT2D eigenvalue weighted by molar-refractivity contribution is -0.212. The third-order valence-corrected chi connectivity index (χ3v) is 2.10. The van der Waals surface area contributed by atoms with Gasteiger partial charge in [-0.15, -0.1) is 13.2 Å².